The lowest BCUT2D eigenvalue weighted by molar-refractivity contribution is 0.0169. The molecule has 0 unspecified atom stereocenters. The van der Waals surface area contributed by atoms with Crippen molar-refractivity contribution in [1.29, 1.82) is 0 Å². The molecule has 21 heavy (non-hydrogen) atoms. The molecule has 2 heterocycles. The van der Waals surface area contributed by atoms with Crippen molar-refractivity contribution in [2.24, 2.45) is 11.3 Å². The average molecular weight is 276 g/mol. The zero-order valence-corrected chi connectivity index (χ0v) is 12.7. The zero-order chi connectivity index (χ0) is 14.2. The number of hydrogen-bond donors (Lipinski definition) is 0. The summed E-state index contributed by atoms with van der Waals surface area (Å²) in [6.07, 6.45) is 6.65. The van der Waals surface area contributed by atoms with Gasteiger partial charge in [0.1, 0.15) is 0 Å². The van der Waals surface area contributed by atoms with E-state index in [-0.39, 0.29) is 0 Å². The molecule has 1 saturated carbocycles. The summed E-state index contributed by atoms with van der Waals surface area (Å²) in [5.74, 6) is 1.56. The first-order valence-electron chi connectivity index (χ1n) is 8.11. The molecule has 2 heteroatoms. The van der Waals surface area contributed by atoms with Crippen LogP contribution in [0.4, 0.5) is 0 Å². The van der Waals surface area contributed by atoms with E-state index in [1.54, 1.807) is 5.56 Å². The Balaban J connectivity index is 1.70. The van der Waals surface area contributed by atoms with E-state index in [4.69, 9.17) is 4.98 Å². The summed E-state index contributed by atoms with van der Waals surface area (Å²) in [5.41, 5.74) is 8.44. The van der Waals surface area contributed by atoms with Gasteiger partial charge in [0.2, 0.25) is 0 Å². The van der Waals surface area contributed by atoms with E-state index in [1.165, 1.54) is 23.2 Å². The van der Waals surface area contributed by atoms with Gasteiger partial charge in [0.25, 0.3) is 0 Å². The Morgan fingerprint density at radius 3 is 2.86 bits per heavy atom. The van der Waals surface area contributed by atoms with Crippen LogP contribution in [0.3, 0.4) is 0 Å². The normalized spacial score (nSPS) is 27.1. The van der Waals surface area contributed by atoms with E-state index in [9.17, 15) is 0 Å². The maximum atomic E-state index is 5.08. The van der Waals surface area contributed by atoms with Crippen LogP contribution in [0, 0.1) is 11.3 Å². The molecule has 1 fully saturated rings. The Labute approximate surface area is 125 Å². The fraction of sp³-hybridized carbons (Fsp3) is 0.474. The van der Waals surface area contributed by atoms with Crippen molar-refractivity contribution in [2.75, 3.05) is 0 Å². The van der Waals surface area contributed by atoms with Crippen molar-refractivity contribution in [2.45, 2.75) is 45.4 Å². The van der Waals surface area contributed by atoms with E-state index in [2.05, 4.69) is 31.0 Å². The number of rotatable bonds is 0. The van der Waals surface area contributed by atoms with Crippen LogP contribution < -0.4 is 0 Å². The standard InChI is InChI=1S/C19H20N2/c1-19(2)13-9-15(19)14-8-12-6-5-11-4-3-7-20-17(11)18(12)21-16(14)10-13/h3-4,7-8,13,15H,5-6,9-10H2,1-2H3/t13-,15+/m0/s1. The average Bonchev–Trinajstić information content (AvgIpc) is 2.52. The highest BCUT2D eigenvalue weighted by Gasteiger charge is 2.53. The largest absolute Gasteiger partial charge is 0.254 e. The Morgan fingerprint density at radius 1 is 1.14 bits per heavy atom. The third-order valence-electron chi connectivity index (χ3n) is 6.28. The summed E-state index contributed by atoms with van der Waals surface area (Å²) in [5, 5.41) is 0. The number of pyridine rings is 2. The zero-order valence-electron chi connectivity index (χ0n) is 12.7. The number of nitrogens with zero attached hydrogens (tertiary/aromatic N) is 2. The first-order valence-corrected chi connectivity index (χ1v) is 8.11. The topological polar surface area (TPSA) is 25.8 Å². The van der Waals surface area contributed by atoms with Crippen LogP contribution in [0.25, 0.3) is 11.4 Å². The van der Waals surface area contributed by atoms with E-state index >= 15 is 0 Å². The van der Waals surface area contributed by atoms with Crippen molar-refractivity contribution in [3.05, 3.63) is 46.8 Å². The second-order valence-electron chi connectivity index (χ2n) is 7.55. The predicted molar refractivity (Wildman–Crippen MR) is 83.2 cm³/mol. The van der Waals surface area contributed by atoms with Crippen LogP contribution >= 0.6 is 0 Å². The van der Waals surface area contributed by atoms with Crippen molar-refractivity contribution in [1.82, 2.24) is 9.97 Å². The van der Waals surface area contributed by atoms with E-state index in [1.807, 2.05) is 12.3 Å². The molecule has 2 aromatic rings. The molecule has 0 amide bonds. The van der Waals surface area contributed by atoms with Gasteiger partial charge in [-0.05, 0) is 65.7 Å². The van der Waals surface area contributed by atoms with Gasteiger partial charge in [-0.15, -0.1) is 0 Å². The molecule has 0 saturated heterocycles. The van der Waals surface area contributed by atoms with Gasteiger partial charge < -0.3 is 0 Å². The number of hydrogen-bond acceptors (Lipinski definition) is 2. The summed E-state index contributed by atoms with van der Waals surface area (Å²) in [6.45, 7) is 4.87. The molecule has 2 bridgehead atoms. The second-order valence-corrected chi connectivity index (χ2v) is 7.55. The van der Waals surface area contributed by atoms with Crippen LogP contribution in [-0.2, 0) is 19.3 Å². The molecule has 2 aromatic heterocycles. The van der Waals surface area contributed by atoms with Gasteiger partial charge in [-0.3, -0.25) is 9.97 Å². The molecule has 0 spiro atoms. The number of aromatic nitrogens is 2. The lowest BCUT2D eigenvalue weighted by Gasteiger charge is -2.57. The second kappa shape index (κ2) is 3.73. The molecule has 2 atom stereocenters. The van der Waals surface area contributed by atoms with Gasteiger partial charge in [0.15, 0.2) is 0 Å². The molecule has 2 nitrogen and oxygen atoms in total. The molecular formula is C19H20N2. The number of aryl methyl sites for hydroxylation is 2. The molecule has 106 valence electrons. The first-order chi connectivity index (χ1) is 10.1. The fourth-order valence-corrected chi connectivity index (χ4v) is 4.72. The minimum atomic E-state index is 0.480. The van der Waals surface area contributed by atoms with Gasteiger partial charge in [0.05, 0.1) is 11.4 Å². The third kappa shape index (κ3) is 1.43. The highest BCUT2D eigenvalue weighted by molar-refractivity contribution is 5.67. The predicted octanol–water partition coefficient (Wildman–Crippen LogP) is 3.93. The minimum absolute atomic E-state index is 0.480. The van der Waals surface area contributed by atoms with Gasteiger partial charge in [-0.2, -0.15) is 0 Å². The molecule has 0 aromatic carbocycles. The van der Waals surface area contributed by atoms with Crippen molar-refractivity contribution in [3.8, 4) is 11.4 Å². The summed E-state index contributed by atoms with van der Waals surface area (Å²) in [7, 11) is 0. The Morgan fingerprint density at radius 2 is 2.00 bits per heavy atom. The van der Waals surface area contributed by atoms with Crippen LogP contribution in [0.2, 0.25) is 0 Å². The fourth-order valence-electron chi connectivity index (χ4n) is 4.72. The monoisotopic (exact) mass is 276 g/mol. The summed E-state index contributed by atoms with van der Waals surface area (Å²) in [6, 6.07) is 6.71. The molecule has 4 aliphatic carbocycles. The summed E-state index contributed by atoms with van der Waals surface area (Å²) < 4.78 is 0. The maximum absolute atomic E-state index is 5.08. The Hall–Kier alpha value is -1.70. The van der Waals surface area contributed by atoms with E-state index in [0.29, 0.717) is 5.41 Å². The first kappa shape index (κ1) is 11.9. The smallest absolute Gasteiger partial charge is 0.0924 e. The number of fused-ring (bicyclic) bond motifs is 3. The van der Waals surface area contributed by atoms with Crippen LogP contribution in [0.5, 0.6) is 0 Å². The lowest BCUT2D eigenvalue weighted by atomic mass is 9.48. The summed E-state index contributed by atoms with van der Waals surface area (Å²) >= 11 is 0. The quantitative estimate of drug-likeness (QED) is 0.728. The van der Waals surface area contributed by atoms with Crippen molar-refractivity contribution in [3.63, 3.8) is 0 Å². The third-order valence-corrected chi connectivity index (χ3v) is 6.28. The molecular weight excluding hydrogens is 256 g/mol. The van der Waals surface area contributed by atoms with Gasteiger partial charge in [-0.25, -0.2) is 0 Å². The van der Waals surface area contributed by atoms with Gasteiger partial charge in [-0.1, -0.05) is 26.0 Å². The Kier molecular flexibility index (Phi) is 2.12. The maximum Gasteiger partial charge on any atom is 0.0924 e. The Bertz CT molecular complexity index is 760. The lowest BCUT2D eigenvalue weighted by Crippen LogP contribution is -2.48. The van der Waals surface area contributed by atoms with Gasteiger partial charge in [0, 0.05) is 11.9 Å². The molecule has 6 rings (SSSR count). The summed E-state index contributed by atoms with van der Waals surface area (Å²) in [4.78, 5) is 9.68. The van der Waals surface area contributed by atoms with E-state index in [0.717, 1.165) is 42.5 Å². The van der Waals surface area contributed by atoms with Crippen LogP contribution in [-0.4, -0.2) is 9.97 Å². The SMILES string of the molecule is CC1(C)[C@@H]2Cc3nc4c(cc3[C@H]1C2)CCc1cccnc1-4. The van der Waals surface area contributed by atoms with Crippen LogP contribution in [0.15, 0.2) is 24.4 Å². The molecule has 0 N–H and O–H groups in total. The minimum Gasteiger partial charge on any atom is -0.254 e. The van der Waals surface area contributed by atoms with Gasteiger partial charge >= 0.3 is 0 Å². The highest BCUT2D eigenvalue weighted by atomic mass is 14.8. The molecule has 0 radical (unpaired) electrons. The highest BCUT2D eigenvalue weighted by Crippen LogP contribution is 2.62. The van der Waals surface area contributed by atoms with Crippen molar-refractivity contribution >= 4 is 0 Å². The molecule has 0 aliphatic heterocycles. The molecule has 4 aliphatic rings. The van der Waals surface area contributed by atoms with E-state index < -0.39 is 0 Å². The van der Waals surface area contributed by atoms with Crippen LogP contribution in [0.1, 0.15) is 48.6 Å². The van der Waals surface area contributed by atoms with Crippen molar-refractivity contribution < 1.29 is 0 Å².